The summed E-state index contributed by atoms with van der Waals surface area (Å²) in [5.41, 5.74) is 3.34. The number of hydrogen-bond acceptors (Lipinski definition) is 7. The fourth-order valence-corrected chi connectivity index (χ4v) is 4.91. The third-order valence-corrected chi connectivity index (χ3v) is 6.96. The molecule has 0 aliphatic carbocycles. The second kappa shape index (κ2) is 11.9. The normalized spacial score (nSPS) is 14.3. The molecule has 0 fully saturated rings. The summed E-state index contributed by atoms with van der Waals surface area (Å²) in [6.45, 7) is 4.38. The molecule has 9 nitrogen and oxygen atoms in total. The molecule has 3 aromatic carbocycles. The monoisotopic (exact) mass is 579 g/mol. The Morgan fingerprint density at radius 3 is 2.58 bits per heavy atom. The molecule has 4 aromatic rings. The van der Waals surface area contributed by atoms with Gasteiger partial charge in [0.25, 0.3) is 5.91 Å². The van der Waals surface area contributed by atoms with E-state index in [9.17, 15) is 4.79 Å². The summed E-state index contributed by atoms with van der Waals surface area (Å²) in [6, 6.07) is 17.4. The maximum absolute atomic E-state index is 13.7. The average molecular weight is 580 g/mol. The Morgan fingerprint density at radius 1 is 1.05 bits per heavy atom. The first-order valence-electron chi connectivity index (χ1n) is 12.5. The van der Waals surface area contributed by atoms with Crippen LogP contribution in [-0.4, -0.2) is 34.4 Å². The van der Waals surface area contributed by atoms with E-state index >= 15 is 0 Å². The fraction of sp³-hybridized carbons (Fsp3) is 0.207. The lowest BCUT2D eigenvalue weighted by Gasteiger charge is -2.29. The van der Waals surface area contributed by atoms with E-state index in [1.54, 1.807) is 48.2 Å². The van der Waals surface area contributed by atoms with Gasteiger partial charge >= 0.3 is 0 Å². The first kappa shape index (κ1) is 27.4. The number of halogens is 2. The maximum atomic E-state index is 13.7. The number of aromatic nitrogens is 3. The van der Waals surface area contributed by atoms with Crippen molar-refractivity contribution in [3.63, 3.8) is 0 Å². The minimum Gasteiger partial charge on any atom is -0.497 e. The smallest absolute Gasteiger partial charge is 0.255 e. The van der Waals surface area contributed by atoms with Gasteiger partial charge in [-0.25, -0.2) is 4.68 Å². The van der Waals surface area contributed by atoms with Gasteiger partial charge in [0, 0.05) is 27.0 Å². The van der Waals surface area contributed by atoms with Gasteiger partial charge in [0.2, 0.25) is 5.95 Å². The van der Waals surface area contributed by atoms with Crippen molar-refractivity contribution < 1.29 is 19.0 Å². The minimum atomic E-state index is -0.573. The summed E-state index contributed by atoms with van der Waals surface area (Å²) in [4.78, 5) is 18.0. The van der Waals surface area contributed by atoms with Crippen molar-refractivity contribution in [3.05, 3.63) is 99.4 Å². The topological polar surface area (TPSA) is 99.5 Å². The van der Waals surface area contributed by atoms with Crippen LogP contribution in [0.25, 0.3) is 0 Å². The number of rotatable bonds is 9. The minimum absolute atomic E-state index is 0.227. The summed E-state index contributed by atoms with van der Waals surface area (Å²) >= 11 is 12.3. The Labute approximate surface area is 241 Å². The van der Waals surface area contributed by atoms with Crippen LogP contribution in [0.1, 0.15) is 31.0 Å². The molecule has 5 rings (SSSR count). The molecule has 0 saturated carbocycles. The van der Waals surface area contributed by atoms with Crippen molar-refractivity contribution in [1.29, 1.82) is 0 Å². The lowest BCUT2D eigenvalue weighted by Crippen LogP contribution is -2.31. The number of nitrogens with zero attached hydrogens (tertiary/aromatic N) is 3. The van der Waals surface area contributed by atoms with Crippen molar-refractivity contribution in [2.75, 3.05) is 24.4 Å². The van der Waals surface area contributed by atoms with Crippen LogP contribution in [0, 0.1) is 0 Å². The molecule has 1 aliphatic heterocycles. The number of ether oxygens (including phenoxy) is 3. The van der Waals surface area contributed by atoms with E-state index in [1.807, 2.05) is 38.1 Å². The number of carbonyl (C=O) groups is 1. The third kappa shape index (κ3) is 5.71. The highest BCUT2D eigenvalue weighted by Gasteiger charge is 2.34. The van der Waals surface area contributed by atoms with Crippen LogP contribution in [0.15, 0.2) is 78.3 Å². The van der Waals surface area contributed by atoms with Crippen LogP contribution in [0.5, 0.6) is 17.2 Å². The van der Waals surface area contributed by atoms with E-state index in [0.29, 0.717) is 56.8 Å². The standard InChI is InChI=1S/C29H27Cl2N5O4/c1-4-39-25-13-18(6-12-24(25)40-15-19-5-7-20(30)14-23(19)31)27-26(17(2)34-29-32-16-33-36(27)29)28(37)35-21-8-10-22(38-3)11-9-21/h5-14,16,27H,4,15H2,1-3H3,(H,35,37)(H,32,33,34)/t27-/m0/s1. The SMILES string of the molecule is CCOc1cc([C@H]2C(C(=O)Nc3ccc(OC)cc3)=C(C)Nc3ncnn32)ccc1OCc1ccc(Cl)cc1Cl. The molecule has 0 unspecified atom stereocenters. The van der Waals surface area contributed by atoms with E-state index in [1.165, 1.54) is 6.33 Å². The summed E-state index contributed by atoms with van der Waals surface area (Å²) in [5.74, 6) is 2.00. The van der Waals surface area contributed by atoms with Crippen molar-refractivity contribution in [2.24, 2.45) is 0 Å². The summed E-state index contributed by atoms with van der Waals surface area (Å²) in [6.07, 6.45) is 1.45. The number of benzene rings is 3. The van der Waals surface area contributed by atoms with Crippen molar-refractivity contribution in [1.82, 2.24) is 14.8 Å². The van der Waals surface area contributed by atoms with Gasteiger partial charge in [-0.3, -0.25) is 4.79 Å². The highest BCUT2D eigenvalue weighted by atomic mass is 35.5. The predicted molar refractivity (Wildman–Crippen MR) is 155 cm³/mol. The van der Waals surface area contributed by atoms with Gasteiger partial charge in [-0.05, 0) is 67.9 Å². The zero-order chi connectivity index (χ0) is 28.2. The Morgan fingerprint density at radius 2 is 1.85 bits per heavy atom. The number of allylic oxidation sites excluding steroid dienone is 1. The average Bonchev–Trinajstić information content (AvgIpc) is 3.41. The van der Waals surface area contributed by atoms with E-state index < -0.39 is 6.04 Å². The van der Waals surface area contributed by atoms with Crippen molar-refractivity contribution >= 4 is 40.7 Å². The number of carbonyl (C=O) groups excluding carboxylic acids is 1. The molecule has 0 saturated heterocycles. The Kier molecular flexibility index (Phi) is 8.14. The summed E-state index contributed by atoms with van der Waals surface area (Å²) in [7, 11) is 1.59. The van der Waals surface area contributed by atoms with Crippen LogP contribution >= 0.6 is 23.2 Å². The molecule has 1 aromatic heterocycles. The number of amides is 1. The molecule has 0 spiro atoms. The molecular weight excluding hydrogens is 553 g/mol. The van der Waals surface area contributed by atoms with Crippen molar-refractivity contribution in [2.45, 2.75) is 26.5 Å². The lowest BCUT2D eigenvalue weighted by atomic mass is 9.94. The number of hydrogen-bond donors (Lipinski definition) is 2. The fourth-order valence-electron chi connectivity index (χ4n) is 4.44. The Bertz CT molecular complexity index is 1570. The highest BCUT2D eigenvalue weighted by molar-refractivity contribution is 6.35. The lowest BCUT2D eigenvalue weighted by molar-refractivity contribution is -0.113. The third-order valence-electron chi connectivity index (χ3n) is 6.37. The molecule has 2 N–H and O–H groups in total. The first-order valence-corrected chi connectivity index (χ1v) is 13.3. The molecule has 206 valence electrons. The maximum Gasteiger partial charge on any atom is 0.255 e. The summed E-state index contributed by atoms with van der Waals surface area (Å²) in [5, 5.41) is 11.7. The van der Waals surface area contributed by atoms with Gasteiger partial charge in [0.15, 0.2) is 11.5 Å². The molecule has 0 bridgehead atoms. The van der Waals surface area contributed by atoms with Crippen molar-refractivity contribution in [3.8, 4) is 17.2 Å². The Balaban J connectivity index is 1.47. The molecule has 40 heavy (non-hydrogen) atoms. The molecule has 1 amide bonds. The van der Waals surface area contributed by atoms with Crippen LogP contribution in [0.4, 0.5) is 11.6 Å². The number of methoxy groups -OCH3 is 1. The van der Waals surface area contributed by atoms with Gasteiger partial charge in [0.1, 0.15) is 24.7 Å². The number of nitrogens with one attached hydrogen (secondary N) is 2. The Hall–Kier alpha value is -4.21. The quantitative estimate of drug-likeness (QED) is 0.233. The van der Waals surface area contributed by atoms with Crippen LogP contribution in [-0.2, 0) is 11.4 Å². The van der Waals surface area contributed by atoms with Gasteiger partial charge < -0.3 is 24.8 Å². The highest BCUT2D eigenvalue weighted by Crippen LogP contribution is 2.39. The zero-order valence-corrected chi connectivity index (χ0v) is 23.6. The van der Waals surface area contributed by atoms with Gasteiger partial charge in [-0.15, -0.1) is 0 Å². The van der Waals surface area contributed by atoms with E-state index in [-0.39, 0.29) is 12.5 Å². The molecule has 11 heteroatoms. The summed E-state index contributed by atoms with van der Waals surface area (Å²) < 4.78 is 18.9. The molecule has 1 aliphatic rings. The molecular formula is C29H27Cl2N5O4. The van der Waals surface area contributed by atoms with E-state index in [0.717, 1.165) is 11.1 Å². The zero-order valence-electron chi connectivity index (χ0n) is 22.1. The van der Waals surface area contributed by atoms with Crippen LogP contribution in [0.2, 0.25) is 10.0 Å². The van der Waals surface area contributed by atoms with E-state index in [2.05, 4.69) is 20.7 Å². The first-order chi connectivity index (χ1) is 19.4. The number of fused-ring (bicyclic) bond motifs is 1. The van der Waals surface area contributed by atoms with E-state index in [4.69, 9.17) is 37.4 Å². The van der Waals surface area contributed by atoms with Crippen LogP contribution in [0.3, 0.4) is 0 Å². The predicted octanol–water partition coefficient (Wildman–Crippen LogP) is 6.50. The molecule has 2 heterocycles. The second-order valence-corrected chi connectivity index (χ2v) is 9.78. The largest absolute Gasteiger partial charge is 0.497 e. The van der Waals surface area contributed by atoms with Gasteiger partial charge in [-0.1, -0.05) is 35.3 Å². The van der Waals surface area contributed by atoms with Gasteiger partial charge in [-0.2, -0.15) is 10.1 Å². The number of anilines is 2. The van der Waals surface area contributed by atoms with Crippen LogP contribution < -0.4 is 24.8 Å². The molecule has 1 atom stereocenters. The molecule has 0 radical (unpaired) electrons. The van der Waals surface area contributed by atoms with Gasteiger partial charge in [0.05, 0.1) is 19.3 Å². The second-order valence-electron chi connectivity index (χ2n) is 8.94.